The Morgan fingerprint density at radius 1 is 0.838 bits per heavy atom. The van der Waals surface area contributed by atoms with E-state index in [9.17, 15) is 4.79 Å². The highest BCUT2D eigenvalue weighted by Crippen LogP contribution is 2.35. The Hall–Kier alpha value is -2.59. The number of rotatable bonds is 6. The Morgan fingerprint density at radius 3 is 2.27 bits per heavy atom. The topological polar surface area (TPSA) is 56.5 Å². The van der Waals surface area contributed by atoms with E-state index in [0.717, 1.165) is 34.6 Å². The van der Waals surface area contributed by atoms with Crippen LogP contribution in [0.4, 0.5) is 0 Å². The average molecular weight is 747 g/mol. The minimum absolute atomic E-state index is 0.237. The predicted octanol–water partition coefficient (Wildman–Crippen LogP) is 8.57. The van der Waals surface area contributed by atoms with Gasteiger partial charge in [-0.15, -0.1) is 0 Å². The quantitative estimate of drug-likeness (QED) is 0.164. The van der Waals surface area contributed by atoms with Crippen molar-refractivity contribution in [3.63, 3.8) is 0 Å². The molecule has 0 aliphatic rings. The first-order valence-electron chi connectivity index (χ1n) is 11.1. The highest BCUT2D eigenvalue weighted by atomic mass is 79.9. The molecule has 0 radical (unpaired) electrons. The third kappa shape index (κ3) is 5.80. The van der Waals surface area contributed by atoms with Crippen LogP contribution in [0.1, 0.15) is 11.1 Å². The summed E-state index contributed by atoms with van der Waals surface area (Å²) in [5.74, 6) is 1.14. The molecule has 0 atom stereocenters. The number of benzene rings is 4. The summed E-state index contributed by atoms with van der Waals surface area (Å²) in [4.78, 5) is 18.1. The molecule has 0 aliphatic carbocycles. The Bertz CT molecular complexity index is 1680. The smallest absolute Gasteiger partial charge is 0.282 e. The summed E-state index contributed by atoms with van der Waals surface area (Å²) in [6.45, 7) is 0.386. The number of nitrogens with zero attached hydrogens (tertiary/aromatic N) is 3. The molecule has 0 saturated heterocycles. The molecule has 4 aromatic carbocycles. The van der Waals surface area contributed by atoms with Crippen molar-refractivity contribution in [1.29, 1.82) is 0 Å². The van der Waals surface area contributed by atoms with E-state index in [-0.39, 0.29) is 5.56 Å². The first kappa shape index (κ1) is 26.0. The molecular weight excluding hydrogens is 730 g/mol. The number of hydrogen-bond acceptors (Lipinski definition) is 4. The molecule has 37 heavy (non-hydrogen) atoms. The van der Waals surface area contributed by atoms with Crippen molar-refractivity contribution in [3.05, 3.63) is 124 Å². The third-order valence-electron chi connectivity index (χ3n) is 5.52. The summed E-state index contributed by atoms with van der Waals surface area (Å²) in [6.07, 6.45) is 1.63. The van der Waals surface area contributed by atoms with E-state index >= 15 is 0 Å². The van der Waals surface area contributed by atoms with Gasteiger partial charge in [0, 0.05) is 20.1 Å². The van der Waals surface area contributed by atoms with Gasteiger partial charge in [0.25, 0.3) is 5.56 Å². The highest BCUT2D eigenvalue weighted by Gasteiger charge is 2.13. The van der Waals surface area contributed by atoms with Gasteiger partial charge >= 0.3 is 0 Å². The van der Waals surface area contributed by atoms with Crippen LogP contribution in [0.5, 0.6) is 5.75 Å². The summed E-state index contributed by atoms with van der Waals surface area (Å²) in [7, 11) is 0. The van der Waals surface area contributed by atoms with E-state index in [1.807, 2.05) is 78.9 Å². The molecule has 1 aromatic heterocycles. The lowest BCUT2D eigenvalue weighted by atomic mass is 10.2. The normalized spacial score (nSPS) is 11.4. The lowest BCUT2D eigenvalue weighted by Crippen LogP contribution is -2.20. The zero-order valence-electron chi connectivity index (χ0n) is 19.0. The number of fused-ring (bicyclic) bond motifs is 1. The van der Waals surface area contributed by atoms with Gasteiger partial charge < -0.3 is 4.74 Å². The van der Waals surface area contributed by atoms with Crippen molar-refractivity contribution in [2.75, 3.05) is 0 Å². The number of ether oxygens (including phenoxy) is 1. The maximum Gasteiger partial charge on any atom is 0.282 e. The van der Waals surface area contributed by atoms with Crippen LogP contribution in [-0.4, -0.2) is 15.9 Å². The van der Waals surface area contributed by atoms with Crippen molar-refractivity contribution in [3.8, 4) is 17.1 Å². The molecular formula is C28H17Br4N3O2. The molecule has 0 spiro atoms. The molecule has 0 fully saturated rings. The standard InChI is InChI=1S/C28H17Br4N3O2/c29-20-11-10-19(22(30)14-20)16-37-26-23(31)12-17(13-24(26)32)15-33-35-27(18-6-2-1-3-7-18)34-25-9-5-4-8-21(25)28(35)36/h1-15H,16H2. The van der Waals surface area contributed by atoms with Gasteiger partial charge in [-0.25, -0.2) is 4.98 Å². The van der Waals surface area contributed by atoms with E-state index in [4.69, 9.17) is 9.72 Å². The van der Waals surface area contributed by atoms with Crippen LogP contribution in [0, 0.1) is 0 Å². The Kier molecular flexibility index (Phi) is 8.04. The number of aromatic nitrogens is 2. The van der Waals surface area contributed by atoms with Gasteiger partial charge in [0.05, 0.1) is 26.1 Å². The molecule has 5 rings (SSSR count). The van der Waals surface area contributed by atoms with Crippen LogP contribution < -0.4 is 10.3 Å². The number of para-hydroxylation sites is 1. The van der Waals surface area contributed by atoms with Crippen LogP contribution in [0.15, 0.2) is 113 Å². The molecule has 5 aromatic rings. The van der Waals surface area contributed by atoms with Crippen LogP contribution in [0.2, 0.25) is 0 Å². The summed E-state index contributed by atoms with van der Waals surface area (Å²) >= 11 is 14.3. The van der Waals surface area contributed by atoms with Crippen molar-refractivity contribution in [1.82, 2.24) is 9.66 Å². The maximum absolute atomic E-state index is 13.4. The zero-order chi connectivity index (χ0) is 25.9. The SMILES string of the molecule is O=c1c2ccccc2nc(-c2ccccc2)n1N=Cc1cc(Br)c(OCc2ccc(Br)cc2Br)c(Br)c1. The van der Waals surface area contributed by atoms with Crippen molar-refractivity contribution in [2.24, 2.45) is 5.10 Å². The predicted molar refractivity (Wildman–Crippen MR) is 162 cm³/mol. The Balaban J connectivity index is 1.48. The van der Waals surface area contributed by atoms with Gasteiger partial charge in [-0.05, 0) is 73.8 Å². The van der Waals surface area contributed by atoms with Crippen molar-refractivity contribution >= 4 is 80.8 Å². The lowest BCUT2D eigenvalue weighted by Gasteiger charge is -2.13. The average Bonchev–Trinajstić information content (AvgIpc) is 2.89. The number of hydrogen-bond donors (Lipinski definition) is 0. The molecule has 1 heterocycles. The van der Waals surface area contributed by atoms with Gasteiger partial charge in [-0.2, -0.15) is 9.78 Å². The molecule has 0 N–H and O–H groups in total. The van der Waals surface area contributed by atoms with E-state index in [1.54, 1.807) is 12.3 Å². The second kappa shape index (κ2) is 11.4. The Morgan fingerprint density at radius 2 is 1.54 bits per heavy atom. The van der Waals surface area contributed by atoms with Crippen LogP contribution in [0.25, 0.3) is 22.3 Å². The Labute approximate surface area is 246 Å². The molecule has 0 unspecified atom stereocenters. The maximum atomic E-state index is 13.4. The number of halogens is 4. The van der Waals surface area contributed by atoms with Crippen LogP contribution >= 0.6 is 63.7 Å². The first-order chi connectivity index (χ1) is 17.9. The molecule has 0 aliphatic heterocycles. The van der Waals surface area contributed by atoms with Gasteiger partial charge in [-0.1, -0.05) is 80.4 Å². The van der Waals surface area contributed by atoms with E-state index in [0.29, 0.717) is 29.1 Å². The summed E-state index contributed by atoms with van der Waals surface area (Å²) in [5.41, 5.74) is 2.98. The van der Waals surface area contributed by atoms with E-state index < -0.39 is 0 Å². The van der Waals surface area contributed by atoms with Gasteiger partial charge in [0.15, 0.2) is 5.82 Å². The monoisotopic (exact) mass is 743 g/mol. The summed E-state index contributed by atoms with van der Waals surface area (Å²) in [6, 6.07) is 26.6. The van der Waals surface area contributed by atoms with Crippen molar-refractivity contribution in [2.45, 2.75) is 6.61 Å². The van der Waals surface area contributed by atoms with Gasteiger partial charge in [0.2, 0.25) is 0 Å². The molecule has 0 bridgehead atoms. The van der Waals surface area contributed by atoms with Gasteiger partial charge in [-0.3, -0.25) is 4.79 Å². The summed E-state index contributed by atoms with van der Waals surface area (Å²) < 4.78 is 10.9. The van der Waals surface area contributed by atoms with E-state index in [1.165, 1.54) is 4.68 Å². The molecule has 184 valence electrons. The minimum atomic E-state index is -0.237. The molecule has 9 heteroatoms. The fourth-order valence-electron chi connectivity index (χ4n) is 3.71. The molecule has 0 amide bonds. The summed E-state index contributed by atoms with van der Waals surface area (Å²) in [5, 5.41) is 5.06. The van der Waals surface area contributed by atoms with Gasteiger partial charge in [0.1, 0.15) is 12.4 Å². The van der Waals surface area contributed by atoms with E-state index in [2.05, 4.69) is 68.8 Å². The molecule has 0 saturated carbocycles. The second-order valence-corrected chi connectivity index (χ2v) is 11.5. The van der Waals surface area contributed by atoms with Crippen LogP contribution in [0.3, 0.4) is 0 Å². The second-order valence-electron chi connectivity index (χ2n) is 8.02. The molecule has 5 nitrogen and oxygen atoms in total. The zero-order valence-corrected chi connectivity index (χ0v) is 25.4. The third-order valence-corrected chi connectivity index (χ3v) is 7.93. The van der Waals surface area contributed by atoms with Crippen LogP contribution in [-0.2, 0) is 6.61 Å². The highest BCUT2D eigenvalue weighted by molar-refractivity contribution is 9.11. The first-order valence-corrected chi connectivity index (χ1v) is 14.3. The fraction of sp³-hybridized carbons (Fsp3) is 0.0357. The fourth-order valence-corrected chi connectivity index (χ4v) is 6.32. The lowest BCUT2D eigenvalue weighted by molar-refractivity contribution is 0.301. The minimum Gasteiger partial charge on any atom is -0.486 e. The van der Waals surface area contributed by atoms with Crippen molar-refractivity contribution < 1.29 is 4.74 Å². The largest absolute Gasteiger partial charge is 0.486 e.